The predicted molar refractivity (Wildman–Crippen MR) is 137 cm³/mol. The summed E-state index contributed by atoms with van der Waals surface area (Å²) in [5.74, 6) is -1.54. The molecule has 5 nitrogen and oxygen atoms in total. The van der Waals surface area contributed by atoms with Crippen molar-refractivity contribution in [2.45, 2.75) is 37.7 Å². The number of methoxy groups -OCH3 is 1. The fourth-order valence-electron chi connectivity index (χ4n) is 4.97. The highest BCUT2D eigenvalue weighted by Crippen LogP contribution is 2.37. The van der Waals surface area contributed by atoms with Crippen molar-refractivity contribution in [3.05, 3.63) is 94.6 Å². The van der Waals surface area contributed by atoms with Crippen LogP contribution in [0.4, 0.5) is 30.7 Å². The Kier molecular flexibility index (Phi) is 9.21. The minimum Gasteiger partial charge on any atom is -0.494 e. The van der Waals surface area contributed by atoms with Crippen LogP contribution in [-0.4, -0.2) is 60.0 Å². The molecule has 4 rings (SSSR count). The van der Waals surface area contributed by atoms with E-state index in [1.165, 1.54) is 30.2 Å². The van der Waals surface area contributed by atoms with Crippen molar-refractivity contribution >= 4 is 5.91 Å². The van der Waals surface area contributed by atoms with Crippen LogP contribution < -0.4 is 4.74 Å². The lowest BCUT2D eigenvalue weighted by Gasteiger charge is -2.42. The van der Waals surface area contributed by atoms with Gasteiger partial charge in [-0.2, -0.15) is 26.3 Å². The van der Waals surface area contributed by atoms with Crippen molar-refractivity contribution in [2.75, 3.05) is 33.3 Å². The molecule has 1 aromatic heterocycles. The molecule has 0 aliphatic carbocycles. The zero-order chi connectivity index (χ0) is 29.8. The first-order valence-electron chi connectivity index (χ1n) is 12.9. The Morgan fingerprint density at radius 2 is 1.68 bits per heavy atom. The van der Waals surface area contributed by atoms with Gasteiger partial charge in [0.1, 0.15) is 0 Å². The monoisotopic (exact) mass is 583 g/mol. The summed E-state index contributed by atoms with van der Waals surface area (Å²) in [6.07, 6.45) is -4.98. The van der Waals surface area contributed by atoms with E-state index >= 15 is 0 Å². The summed E-state index contributed by atoms with van der Waals surface area (Å²) in [7, 11) is 1.30. The maximum Gasteiger partial charge on any atom is 0.416 e. The Labute approximate surface area is 232 Å². The van der Waals surface area contributed by atoms with Crippen LogP contribution in [0.15, 0.2) is 60.9 Å². The first-order valence-corrected chi connectivity index (χ1v) is 12.9. The Hall–Kier alpha value is -3.67. The van der Waals surface area contributed by atoms with E-state index in [1.807, 2.05) is 12.1 Å². The molecule has 1 saturated heterocycles. The molecule has 1 atom stereocenters. The predicted octanol–water partition coefficient (Wildman–Crippen LogP) is 6.27. The van der Waals surface area contributed by atoms with Crippen molar-refractivity contribution < 1.29 is 40.3 Å². The number of nitrogens with zero attached hydrogens (tertiary/aromatic N) is 3. The SMILES string of the molecule is COc1cc(C[C@@H]2CN(CCCc3cccnc3)CCN2C(=O)c2cc(C(F)(F)F)cc(C(F)(F)F)c2)ccc1F. The third-order valence-electron chi connectivity index (χ3n) is 7.01. The third kappa shape index (κ3) is 7.75. The Balaban J connectivity index is 1.60. The third-order valence-corrected chi connectivity index (χ3v) is 7.01. The minimum absolute atomic E-state index is 0.000744. The quantitative estimate of drug-likeness (QED) is 0.294. The summed E-state index contributed by atoms with van der Waals surface area (Å²) in [6, 6.07) is 8.28. The molecule has 2 heterocycles. The number of aromatic nitrogens is 1. The summed E-state index contributed by atoms with van der Waals surface area (Å²) in [6.45, 7) is 1.45. The summed E-state index contributed by atoms with van der Waals surface area (Å²) in [5.41, 5.74) is -2.14. The number of amides is 1. The van der Waals surface area contributed by atoms with Crippen LogP contribution >= 0.6 is 0 Å². The number of carbonyl (C=O) groups excluding carboxylic acids is 1. The number of aryl methyl sites for hydroxylation is 1. The number of benzene rings is 2. The Morgan fingerprint density at radius 1 is 0.976 bits per heavy atom. The Morgan fingerprint density at radius 3 is 2.29 bits per heavy atom. The molecule has 0 bridgehead atoms. The first kappa shape index (κ1) is 30.3. The maximum atomic E-state index is 14.0. The molecular formula is C29H28F7N3O2. The molecule has 0 N–H and O–H groups in total. The van der Waals surface area contributed by atoms with E-state index in [1.54, 1.807) is 12.4 Å². The topological polar surface area (TPSA) is 45.7 Å². The molecule has 12 heteroatoms. The standard InChI is InChI=1S/C29H28F7N3O2/c1-41-26-13-20(6-7-25(26)30)12-24-18-38(9-3-5-19-4-2-8-37-17-19)10-11-39(24)27(40)21-14-22(28(31,32)33)16-23(15-21)29(34,35)36/h2,4,6-8,13-17,24H,3,5,9-12,18H2,1H3/t24-/m1/s1. The second kappa shape index (κ2) is 12.5. The van der Waals surface area contributed by atoms with Crippen LogP contribution in [0, 0.1) is 5.82 Å². The van der Waals surface area contributed by atoms with Crippen LogP contribution in [0.1, 0.15) is 39.0 Å². The summed E-state index contributed by atoms with van der Waals surface area (Å²) >= 11 is 0. The first-order chi connectivity index (χ1) is 19.3. The smallest absolute Gasteiger partial charge is 0.416 e. The second-order valence-corrected chi connectivity index (χ2v) is 9.89. The molecule has 1 aliphatic heterocycles. The highest BCUT2D eigenvalue weighted by Gasteiger charge is 2.39. The molecule has 41 heavy (non-hydrogen) atoms. The van der Waals surface area contributed by atoms with Gasteiger partial charge in [-0.1, -0.05) is 12.1 Å². The number of alkyl halides is 6. The van der Waals surface area contributed by atoms with E-state index in [0.29, 0.717) is 37.3 Å². The van der Waals surface area contributed by atoms with Gasteiger partial charge in [0.05, 0.1) is 18.2 Å². The molecule has 0 unspecified atom stereocenters. The van der Waals surface area contributed by atoms with Gasteiger partial charge >= 0.3 is 12.4 Å². The molecule has 3 aromatic rings. The molecule has 1 aliphatic rings. The molecule has 1 amide bonds. The van der Waals surface area contributed by atoms with Crippen molar-refractivity contribution in [1.29, 1.82) is 0 Å². The second-order valence-electron chi connectivity index (χ2n) is 9.89. The van der Waals surface area contributed by atoms with E-state index in [9.17, 15) is 35.5 Å². The molecule has 0 spiro atoms. The summed E-state index contributed by atoms with van der Waals surface area (Å²) in [4.78, 5) is 21.0. The van der Waals surface area contributed by atoms with Gasteiger partial charge in [-0.15, -0.1) is 0 Å². The number of carbonyl (C=O) groups is 1. The van der Waals surface area contributed by atoms with Gasteiger partial charge in [-0.05, 0) is 73.3 Å². The summed E-state index contributed by atoms with van der Waals surface area (Å²) in [5, 5.41) is 0. The largest absolute Gasteiger partial charge is 0.494 e. The van der Waals surface area contributed by atoms with E-state index in [0.717, 1.165) is 18.4 Å². The maximum absolute atomic E-state index is 14.0. The zero-order valence-electron chi connectivity index (χ0n) is 22.1. The molecule has 1 fully saturated rings. The summed E-state index contributed by atoms with van der Waals surface area (Å²) < 4.78 is 99.8. The number of piperazine rings is 1. The van der Waals surface area contributed by atoms with Gasteiger partial charge in [-0.3, -0.25) is 14.7 Å². The van der Waals surface area contributed by atoms with Crippen LogP contribution in [-0.2, 0) is 25.2 Å². The van der Waals surface area contributed by atoms with Crippen molar-refractivity contribution in [2.24, 2.45) is 0 Å². The average Bonchev–Trinajstić information content (AvgIpc) is 2.93. The minimum atomic E-state index is -5.08. The lowest BCUT2D eigenvalue weighted by Crippen LogP contribution is -2.56. The molecule has 2 aromatic carbocycles. The lowest BCUT2D eigenvalue weighted by molar-refractivity contribution is -0.143. The Bertz CT molecular complexity index is 1310. The van der Waals surface area contributed by atoms with Gasteiger partial charge in [0, 0.05) is 43.6 Å². The molecular weight excluding hydrogens is 555 g/mol. The van der Waals surface area contributed by atoms with E-state index in [2.05, 4.69) is 9.88 Å². The number of ether oxygens (including phenoxy) is 1. The highest BCUT2D eigenvalue weighted by molar-refractivity contribution is 5.95. The zero-order valence-corrected chi connectivity index (χ0v) is 22.1. The van der Waals surface area contributed by atoms with Crippen LogP contribution in [0.5, 0.6) is 5.75 Å². The van der Waals surface area contributed by atoms with Crippen molar-refractivity contribution in [1.82, 2.24) is 14.8 Å². The van der Waals surface area contributed by atoms with Gasteiger partial charge in [0.25, 0.3) is 5.91 Å². The number of halogens is 7. The fourth-order valence-corrected chi connectivity index (χ4v) is 4.97. The number of hydrogen-bond donors (Lipinski definition) is 0. The number of hydrogen-bond acceptors (Lipinski definition) is 4. The van der Waals surface area contributed by atoms with Crippen LogP contribution in [0.2, 0.25) is 0 Å². The number of pyridine rings is 1. The average molecular weight is 584 g/mol. The molecule has 0 saturated carbocycles. The molecule has 220 valence electrons. The van der Waals surface area contributed by atoms with Gasteiger partial charge in [0.15, 0.2) is 11.6 Å². The fraction of sp³-hybridized carbons (Fsp3) is 0.379. The number of rotatable bonds is 8. The van der Waals surface area contributed by atoms with Gasteiger partial charge < -0.3 is 9.64 Å². The van der Waals surface area contributed by atoms with Crippen molar-refractivity contribution in [3.8, 4) is 5.75 Å². The molecule has 0 radical (unpaired) electrons. The normalized spacial score (nSPS) is 16.6. The van der Waals surface area contributed by atoms with Crippen LogP contribution in [0.3, 0.4) is 0 Å². The van der Waals surface area contributed by atoms with Gasteiger partial charge in [-0.25, -0.2) is 4.39 Å². The van der Waals surface area contributed by atoms with Crippen molar-refractivity contribution in [3.63, 3.8) is 0 Å². The van der Waals surface area contributed by atoms with E-state index < -0.39 is 46.8 Å². The van der Waals surface area contributed by atoms with E-state index in [4.69, 9.17) is 4.74 Å². The highest BCUT2D eigenvalue weighted by atomic mass is 19.4. The van der Waals surface area contributed by atoms with Crippen LogP contribution in [0.25, 0.3) is 0 Å². The lowest BCUT2D eigenvalue weighted by atomic mass is 9.98. The van der Waals surface area contributed by atoms with Gasteiger partial charge in [0.2, 0.25) is 0 Å². The van der Waals surface area contributed by atoms with E-state index in [-0.39, 0.29) is 24.8 Å².